The summed E-state index contributed by atoms with van der Waals surface area (Å²) in [6.07, 6.45) is -14.3. The topological polar surface area (TPSA) is 117 Å². The Kier molecular flexibility index (Phi) is 5.97. The SMILES string of the molecule is [2H]C([2H])([2H])Oc1nc(C(F)(F)F)c(F)cc1NS(=O)(=O)c1cn(S(=O)(=O)c2ccc(C)cc2)c2c1CC[C@@](OC([2H])([2H])[2H])(C(F)(F)F)C2. The maximum absolute atomic E-state index is 14.5. The fourth-order valence-electron chi connectivity index (χ4n) is 4.35. The van der Waals surface area contributed by atoms with E-state index in [-0.39, 0.29) is 10.0 Å². The molecule has 9 nitrogen and oxygen atoms in total. The van der Waals surface area contributed by atoms with Gasteiger partial charge in [-0.2, -0.15) is 26.3 Å². The molecule has 0 aliphatic heterocycles. The molecule has 3 aromatic rings. The van der Waals surface area contributed by atoms with Crippen LogP contribution in [0.4, 0.5) is 36.4 Å². The number of nitrogens with one attached hydrogen (secondary N) is 1. The number of aromatic nitrogens is 2. The molecule has 1 aliphatic carbocycles. The van der Waals surface area contributed by atoms with Crippen molar-refractivity contribution in [2.75, 3.05) is 18.8 Å². The van der Waals surface area contributed by atoms with Gasteiger partial charge in [-0.05, 0) is 37.5 Å². The van der Waals surface area contributed by atoms with Crippen LogP contribution in [0, 0.1) is 12.7 Å². The van der Waals surface area contributed by atoms with E-state index >= 15 is 0 Å². The van der Waals surface area contributed by atoms with Gasteiger partial charge in [0, 0.05) is 31.4 Å². The Morgan fingerprint density at radius 2 is 1.74 bits per heavy atom. The largest absolute Gasteiger partial charge is 0.479 e. The number of rotatable bonds is 7. The van der Waals surface area contributed by atoms with Crippen molar-refractivity contribution in [3.63, 3.8) is 0 Å². The van der Waals surface area contributed by atoms with Crippen molar-refractivity contribution >= 4 is 25.7 Å². The van der Waals surface area contributed by atoms with Crippen LogP contribution < -0.4 is 9.46 Å². The summed E-state index contributed by atoms with van der Waals surface area (Å²) in [6.45, 7) is 1.58. The number of sulfonamides is 1. The highest BCUT2D eigenvalue weighted by Crippen LogP contribution is 2.46. The van der Waals surface area contributed by atoms with Gasteiger partial charge in [-0.15, -0.1) is 0 Å². The Balaban J connectivity index is 1.96. The summed E-state index contributed by atoms with van der Waals surface area (Å²) < 4.78 is 206. The number of ether oxygens (including phenoxy) is 2. The number of hydrogen-bond donors (Lipinski definition) is 1. The summed E-state index contributed by atoms with van der Waals surface area (Å²) in [4.78, 5) is 1.14. The number of nitrogens with zero attached hydrogens (tertiary/aromatic N) is 2. The van der Waals surface area contributed by atoms with E-state index in [1.54, 1.807) is 11.6 Å². The Hall–Kier alpha value is -3.38. The van der Waals surface area contributed by atoms with Crippen molar-refractivity contribution < 1.29 is 65.3 Å². The molecular weight excluding hydrogens is 623 g/mol. The molecule has 0 amide bonds. The summed E-state index contributed by atoms with van der Waals surface area (Å²) in [7, 11) is -17.5. The summed E-state index contributed by atoms with van der Waals surface area (Å²) in [5.74, 6) is -3.76. The number of aryl methyl sites for hydroxylation is 1. The average molecular weight is 652 g/mol. The van der Waals surface area contributed by atoms with E-state index in [0.717, 1.165) is 12.1 Å². The normalized spacial score (nSPS) is 20.8. The van der Waals surface area contributed by atoms with Crippen LogP contribution in [0.2, 0.25) is 0 Å². The fraction of sp³-hybridized carbons (Fsp3) is 0.375. The minimum absolute atomic E-state index is 0.111. The second-order valence-corrected chi connectivity index (χ2v) is 12.6. The second kappa shape index (κ2) is 10.4. The first-order valence-electron chi connectivity index (χ1n) is 14.4. The minimum atomic E-state index is -5.50. The molecule has 1 aliphatic rings. The number of benzene rings is 1. The summed E-state index contributed by atoms with van der Waals surface area (Å²) >= 11 is 0. The Morgan fingerprint density at radius 1 is 1.07 bits per heavy atom. The molecule has 18 heteroatoms. The van der Waals surface area contributed by atoms with Gasteiger partial charge in [-0.25, -0.2) is 30.2 Å². The number of halogens is 7. The van der Waals surface area contributed by atoms with Gasteiger partial charge in [0.25, 0.3) is 20.0 Å². The third-order valence-electron chi connectivity index (χ3n) is 6.51. The van der Waals surface area contributed by atoms with E-state index < -0.39 is 115 Å². The van der Waals surface area contributed by atoms with Crippen LogP contribution in [0.3, 0.4) is 0 Å². The quantitative estimate of drug-likeness (QED) is 0.364. The van der Waals surface area contributed by atoms with Gasteiger partial charge >= 0.3 is 12.4 Å². The van der Waals surface area contributed by atoms with Gasteiger partial charge in [0.1, 0.15) is 10.6 Å². The highest BCUT2D eigenvalue weighted by atomic mass is 32.2. The fourth-order valence-corrected chi connectivity index (χ4v) is 7.17. The molecule has 1 N–H and O–H groups in total. The van der Waals surface area contributed by atoms with Crippen molar-refractivity contribution in [3.8, 4) is 5.88 Å². The lowest BCUT2D eigenvalue weighted by molar-refractivity contribution is -0.273. The Morgan fingerprint density at radius 3 is 2.31 bits per heavy atom. The van der Waals surface area contributed by atoms with Crippen LogP contribution >= 0.6 is 0 Å². The van der Waals surface area contributed by atoms with Crippen molar-refractivity contribution in [2.45, 2.75) is 53.9 Å². The lowest BCUT2D eigenvalue weighted by Gasteiger charge is -2.38. The van der Waals surface area contributed by atoms with Crippen LogP contribution in [0.15, 0.2) is 46.3 Å². The number of fused-ring (bicyclic) bond motifs is 1. The van der Waals surface area contributed by atoms with Crippen molar-refractivity contribution in [1.82, 2.24) is 8.96 Å². The molecule has 0 bridgehead atoms. The smallest absolute Gasteiger partial charge is 0.436 e. The molecule has 42 heavy (non-hydrogen) atoms. The first-order chi connectivity index (χ1) is 21.6. The van der Waals surface area contributed by atoms with Crippen LogP contribution in [-0.2, 0) is 43.8 Å². The van der Waals surface area contributed by atoms with Crippen LogP contribution in [0.5, 0.6) is 5.88 Å². The van der Waals surface area contributed by atoms with E-state index in [4.69, 9.17) is 8.22 Å². The standard InChI is InChI=1S/C24H22F7N3O6S2/c1-13-4-6-14(7-5-13)42(37,38)34-12-19(15-8-9-22(40-3,11-18(15)34)24(29,30)31)41(35,36)33-17-10-16(25)20(23(26,27)28)32-21(17)39-2/h4-7,10,12,33H,8-9,11H2,1-3H3/t22-/m0/s1/i2D3,3D3. The average Bonchev–Trinajstić information content (AvgIpc) is 3.28. The van der Waals surface area contributed by atoms with Gasteiger partial charge in [0.15, 0.2) is 17.1 Å². The second-order valence-electron chi connectivity index (χ2n) is 9.18. The molecular formula is C24H22F7N3O6S2. The summed E-state index contributed by atoms with van der Waals surface area (Å²) in [5.41, 5.74) is -8.04. The van der Waals surface area contributed by atoms with Crippen molar-refractivity contribution in [1.29, 1.82) is 0 Å². The molecule has 1 atom stereocenters. The first-order valence-corrected chi connectivity index (χ1v) is 14.3. The monoisotopic (exact) mass is 651 g/mol. The third kappa shape index (κ3) is 5.42. The molecule has 230 valence electrons. The molecule has 0 spiro atoms. The lowest BCUT2D eigenvalue weighted by atomic mass is 9.83. The van der Waals surface area contributed by atoms with Crippen molar-refractivity contribution in [2.24, 2.45) is 0 Å². The zero-order chi connectivity index (χ0) is 36.5. The molecule has 2 heterocycles. The number of hydrogen-bond acceptors (Lipinski definition) is 7. The Bertz CT molecular complexity index is 1950. The van der Waals surface area contributed by atoms with E-state index in [0.29, 0.717) is 11.8 Å². The maximum atomic E-state index is 14.5. The van der Waals surface area contributed by atoms with Crippen molar-refractivity contribution in [3.05, 3.63) is 64.9 Å². The Labute approximate surface area is 243 Å². The summed E-state index contributed by atoms with van der Waals surface area (Å²) in [6, 6.07) is 4.63. The van der Waals surface area contributed by atoms with E-state index in [9.17, 15) is 47.6 Å². The van der Waals surface area contributed by atoms with Gasteiger partial charge in [-0.1, -0.05) is 17.7 Å². The first kappa shape index (κ1) is 24.1. The van der Waals surface area contributed by atoms with E-state index in [1.165, 1.54) is 12.1 Å². The number of pyridine rings is 1. The van der Waals surface area contributed by atoms with E-state index in [2.05, 4.69) is 14.5 Å². The van der Waals surface area contributed by atoms with Gasteiger partial charge in [-0.3, -0.25) is 4.72 Å². The molecule has 0 saturated heterocycles. The molecule has 2 aromatic heterocycles. The van der Waals surface area contributed by atoms with Crippen LogP contribution in [-0.4, -0.2) is 51.6 Å². The minimum Gasteiger partial charge on any atom is -0.479 e. The lowest BCUT2D eigenvalue weighted by Crippen LogP contribution is -2.51. The molecule has 0 fully saturated rings. The molecule has 0 radical (unpaired) electrons. The maximum Gasteiger partial charge on any atom is 0.436 e. The molecule has 4 rings (SSSR count). The number of alkyl halides is 6. The highest BCUT2D eigenvalue weighted by molar-refractivity contribution is 7.93. The number of anilines is 1. The van der Waals surface area contributed by atoms with E-state index in [1.807, 2.05) is 0 Å². The van der Waals surface area contributed by atoms with Gasteiger partial charge in [0.05, 0.1) is 20.2 Å². The molecule has 0 unspecified atom stereocenters. The van der Waals surface area contributed by atoms with Crippen LogP contribution in [0.25, 0.3) is 0 Å². The predicted octanol–water partition coefficient (Wildman–Crippen LogP) is 4.83. The van der Waals surface area contributed by atoms with Gasteiger partial charge < -0.3 is 9.47 Å². The summed E-state index contributed by atoms with van der Waals surface area (Å²) in [5, 5.41) is 0. The third-order valence-corrected chi connectivity index (χ3v) is 9.64. The number of methoxy groups -OCH3 is 2. The molecule has 1 aromatic carbocycles. The molecule has 0 saturated carbocycles. The zero-order valence-corrected chi connectivity index (χ0v) is 22.5. The van der Waals surface area contributed by atoms with Crippen LogP contribution in [0.1, 0.15) is 37.2 Å². The predicted molar refractivity (Wildman–Crippen MR) is 133 cm³/mol. The highest BCUT2D eigenvalue weighted by Gasteiger charge is 2.58. The zero-order valence-electron chi connectivity index (χ0n) is 26.9. The van der Waals surface area contributed by atoms with Gasteiger partial charge in [0.2, 0.25) is 5.88 Å².